The molecule has 2 rings (SSSR count). The average Bonchev–Trinajstić information content (AvgIpc) is 2.20. The van der Waals surface area contributed by atoms with E-state index in [0.29, 0.717) is 5.15 Å². The van der Waals surface area contributed by atoms with Crippen LogP contribution in [-0.2, 0) is 0 Å². The van der Waals surface area contributed by atoms with E-state index >= 15 is 0 Å². The summed E-state index contributed by atoms with van der Waals surface area (Å²) in [6.07, 6.45) is 0. The Bertz CT molecular complexity index is 479. The van der Waals surface area contributed by atoms with Crippen LogP contribution in [0.15, 0.2) is 34.3 Å². The van der Waals surface area contributed by atoms with Gasteiger partial charge in [0.1, 0.15) is 10.1 Å². The molecule has 0 aliphatic rings. The van der Waals surface area contributed by atoms with E-state index in [-0.39, 0.29) is 0 Å². The van der Waals surface area contributed by atoms with E-state index in [1.54, 1.807) is 6.07 Å². The van der Waals surface area contributed by atoms with Gasteiger partial charge < -0.3 is 0 Å². The number of hydrogen-bond acceptors (Lipinski definition) is 4. The number of pyridine rings is 1. The summed E-state index contributed by atoms with van der Waals surface area (Å²) in [6.45, 7) is 4.02. The van der Waals surface area contributed by atoms with Crippen LogP contribution in [0.25, 0.3) is 0 Å². The molecule has 82 valence electrons. The number of halogens is 1. The molecule has 2 aromatic rings. The lowest BCUT2D eigenvalue weighted by molar-refractivity contribution is 0.925. The molecule has 0 saturated carbocycles. The van der Waals surface area contributed by atoms with Crippen LogP contribution in [0.5, 0.6) is 0 Å². The van der Waals surface area contributed by atoms with Gasteiger partial charge in [0.05, 0.1) is 0 Å². The van der Waals surface area contributed by atoms with Gasteiger partial charge in [-0.15, -0.1) is 10.2 Å². The molecule has 0 bridgehead atoms. The van der Waals surface area contributed by atoms with Gasteiger partial charge in [-0.05, 0) is 55.4 Å². The van der Waals surface area contributed by atoms with Gasteiger partial charge in [0.15, 0.2) is 5.15 Å². The Morgan fingerprint density at radius 2 is 1.88 bits per heavy atom. The van der Waals surface area contributed by atoms with Crippen molar-refractivity contribution >= 4 is 23.4 Å². The van der Waals surface area contributed by atoms with E-state index in [2.05, 4.69) is 15.2 Å². The van der Waals surface area contributed by atoms with Crippen molar-refractivity contribution in [1.29, 1.82) is 0 Å². The fourth-order valence-electron chi connectivity index (χ4n) is 1.32. The SMILES string of the molecule is Cc1cc(C)nc(Sc2ccc(Cl)nn2)c1. The van der Waals surface area contributed by atoms with Crippen molar-refractivity contribution in [3.63, 3.8) is 0 Å². The van der Waals surface area contributed by atoms with Gasteiger partial charge in [-0.25, -0.2) is 4.98 Å². The molecule has 0 radical (unpaired) electrons. The molecule has 0 unspecified atom stereocenters. The Hall–Kier alpha value is -1.13. The Morgan fingerprint density at radius 1 is 1.06 bits per heavy atom. The first-order valence-corrected chi connectivity index (χ1v) is 5.95. The van der Waals surface area contributed by atoms with E-state index < -0.39 is 0 Å². The lowest BCUT2D eigenvalue weighted by Gasteiger charge is -2.02. The predicted octanol–water partition coefficient (Wildman–Crippen LogP) is 3.29. The second kappa shape index (κ2) is 4.80. The molecule has 16 heavy (non-hydrogen) atoms. The third kappa shape index (κ3) is 2.93. The van der Waals surface area contributed by atoms with Gasteiger partial charge in [0.25, 0.3) is 0 Å². The summed E-state index contributed by atoms with van der Waals surface area (Å²) in [4.78, 5) is 4.41. The molecular formula is C11H10ClN3S. The summed E-state index contributed by atoms with van der Waals surface area (Å²) in [5, 5.41) is 9.88. The van der Waals surface area contributed by atoms with Crippen molar-refractivity contribution in [3.8, 4) is 0 Å². The van der Waals surface area contributed by atoms with Gasteiger partial charge in [-0.1, -0.05) is 11.6 Å². The predicted molar refractivity (Wildman–Crippen MR) is 64.9 cm³/mol. The van der Waals surface area contributed by atoms with Crippen LogP contribution in [0.4, 0.5) is 0 Å². The summed E-state index contributed by atoms with van der Waals surface area (Å²) in [5.74, 6) is 0. The zero-order chi connectivity index (χ0) is 11.5. The summed E-state index contributed by atoms with van der Waals surface area (Å²) < 4.78 is 0. The molecule has 0 aliphatic heterocycles. The maximum Gasteiger partial charge on any atom is 0.151 e. The first-order valence-electron chi connectivity index (χ1n) is 4.76. The van der Waals surface area contributed by atoms with E-state index in [0.717, 1.165) is 15.7 Å². The van der Waals surface area contributed by atoms with E-state index in [4.69, 9.17) is 11.6 Å². The highest BCUT2D eigenvalue weighted by Gasteiger charge is 2.02. The van der Waals surface area contributed by atoms with Gasteiger partial charge in [0, 0.05) is 5.69 Å². The lowest BCUT2D eigenvalue weighted by Crippen LogP contribution is -1.89. The second-order valence-electron chi connectivity index (χ2n) is 3.42. The third-order valence-corrected chi connectivity index (χ3v) is 2.94. The van der Waals surface area contributed by atoms with Crippen molar-refractivity contribution in [2.24, 2.45) is 0 Å². The van der Waals surface area contributed by atoms with Crippen LogP contribution < -0.4 is 0 Å². The molecule has 2 aromatic heterocycles. The quantitative estimate of drug-likeness (QED) is 0.821. The topological polar surface area (TPSA) is 38.7 Å². The fourth-order valence-corrected chi connectivity index (χ4v) is 2.29. The van der Waals surface area contributed by atoms with Crippen LogP contribution in [-0.4, -0.2) is 15.2 Å². The standard InChI is InChI=1S/C11H10ClN3S/c1-7-5-8(2)13-11(6-7)16-10-4-3-9(12)14-15-10/h3-6H,1-2H3. The number of nitrogens with zero attached hydrogens (tertiary/aromatic N) is 3. The van der Waals surface area contributed by atoms with Gasteiger partial charge in [-0.3, -0.25) is 0 Å². The highest BCUT2D eigenvalue weighted by atomic mass is 35.5. The lowest BCUT2D eigenvalue weighted by atomic mass is 10.3. The maximum absolute atomic E-state index is 5.67. The summed E-state index contributed by atoms with van der Waals surface area (Å²) in [6, 6.07) is 7.62. The molecule has 0 amide bonds. The van der Waals surface area contributed by atoms with Crippen molar-refractivity contribution in [3.05, 3.63) is 40.7 Å². The van der Waals surface area contributed by atoms with Crippen molar-refractivity contribution < 1.29 is 0 Å². The normalized spacial score (nSPS) is 10.4. The Labute approximate surface area is 103 Å². The molecule has 0 spiro atoms. The van der Waals surface area contributed by atoms with E-state index in [1.165, 1.54) is 17.3 Å². The molecule has 0 saturated heterocycles. The Kier molecular flexibility index (Phi) is 3.41. The number of rotatable bonds is 2. The molecule has 0 N–H and O–H groups in total. The van der Waals surface area contributed by atoms with Crippen LogP contribution in [0, 0.1) is 13.8 Å². The smallest absolute Gasteiger partial charge is 0.151 e. The molecule has 0 fully saturated rings. The van der Waals surface area contributed by atoms with E-state index in [9.17, 15) is 0 Å². The first-order chi connectivity index (χ1) is 7.63. The number of aryl methyl sites for hydroxylation is 2. The molecule has 0 atom stereocenters. The van der Waals surface area contributed by atoms with Crippen LogP contribution in [0.1, 0.15) is 11.3 Å². The number of aromatic nitrogens is 3. The van der Waals surface area contributed by atoms with Crippen molar-refractivity contribution in [1.82, 2.24) is 15.2 Å². The Balaban J connectivity index is 2.23. The van der Waals surface area contributed by atoms with Crippen LogP contribution >= 0.6 is 23.4 Å². The second-order valence-corrected chi connectivity index (χ2v) is 4.85. The zero-order valence-corrected chi connectivity index (χ0v) is 10.5. The molecule has 3 nitrogen and oxygen atoms in total. The molecule has 5 heteroatoms. The van der Waals surface area contributed by atoms with Gasteiger partial charge >= 0.3 is 0 Å². The zero-order valence-electron chi connectivity index (χ0n) is 8.94. The van der Waals surface area contributed by atoms with Crippen LogP contribution in [0.2, 0.25) is 5.15 Å². The number of hydrogen-bond donors (Lipinski definition) is 0. The van der Waals surface area contributed by atoms with Crippen molar-refractivity contribution in [2.45, 2.75) is 23.9 Å². The minimum Gasteiger partial charge on any atom is -0.246 e. The summed E-state index contributed by atoms with van der Waals surface area (Å²) in [7, 11) is 0. The maximum atomic E-state index is 5.67. The monoisotopic (exact) mass is 251 g/mol. The fraction of sp³-hybridized carbons (Fsp3) is 0.182. The molecule has 0 aromatic carbocycles. The Morgan fingerprint density at radius 3 is 2.50 bits per heavy atom. The molecule has 0 aliphatic carbocycles. The highest BCUT2D eigenvalue weighted by Crippen LogP contribution is 2.25. The summed E-state index contributed by atoms with van der Waals surface area (Å²) >= 11 is 7.15. The van der Waals surface area contributed by atoms with Crippen LogP contribution in [0.3, 0.4) is 0 Å². The highest BCUT2D eigenvalue weighted by molar-refractivity contribution is 7.99. The molecule has 2 heterocycles. The average molecular weight is 252 g/mol. The minimum atomic E-state index is 0.401. The van der Waals surface area contributed by atoms with Crippen molar-refractivity contribution in [2.75, 3.05) is 0 Å². The summed E-state index contributed by atoms with van der Waals surface area (Å²) in [5.41, 5.74) is 2.20. The van der Waals surface area contributed by atoms with Gasteiger partial charge in [0.2, 0.25) is 0 Å². The molecular weight excluding hydrogens is 242 g/mol. The van der Waals surface area contributed by atoms with Gasteiger partial charge in [-0.2, -0.15) is 0 Å². The minimum absolute atomic E-state index is 0.401. The first kappa shape index (κ1) is 11.4. The van der Waals surface area contributed by atoms with E-state index in [1.807, 2.05) is 32.0 Å². The largest absolute Gasteiger partial charge is 0.246 e. The third-order valence-electron chi connectivity index (χ3n) is 1.89.